The molecule has 10 heteroatoms. The summed E-state index contributed by atoms with van der Waals surface area (Å²) < 4.78 is 14.1. The number of aryl methyl sites for hydroxylation is 2. The van der Waals surface area contributed by atoms with Crippen LogP contribution in [0.15, 0.2) is 85.1 Å². The van der Waals surface area contributed by atoms with Gasteiger partial charge >= 0.3 is 0 Å². The van der Waals surface area contributed by atoms with E-state index < -0.39 is 8.32 Å². The molecular formula is C35H42N4O5Si. The summed E-state index contributed by atoms with van der Waals surface area (Å²) in [7, 11) is -2.51. The van der Waals surface area contributed by atoms with Crippen LogP contribution in [0.4, 0.5) is 11.4 Å². The summed E-state index contributed by atoms with van der Waals surface area (Å²) in [5.41, 5.74) is 4.61. The molecule has 6 rings (SSSR count). The van der Waals surface area contributed by atoms with Gasteiger partial charge in [-0.2, -0.15) is 0 Å². The van der Waals surface area contributed by atoms with E-state index in [2.05, 4.69) is 29.4 Å². The van der Waals surface area contributed by atoms with Crippen LogP contribution in [0.5, 0.6) is 5.75 Å². The minimum Gasteiger partial charge on any atom is -0.482 e. The maximum absolute atomic E-state index is 12.7. The van der Waals surface area contributed by atoms with E-state index >= 15 is 0 Å². The molecule has 1 fully saturated rings. The van der Waals surface area contributed by atoms with Gasteiger partial charge in [0.1, 0.15) is 5.75 Å². The van der Waals surface area contributed by atoms with Crippen LogP contribution in [0.25, 0.3) is 0 Å². The number of aliphatic hydroxyl groups is 1. The van der Waals surface area contributed by atoms with E-state index in [1.54, 1.807) is 4.90 Å². The Balaban J connectivity index is 1.09. The van der Waals surface area contributed by atoms with Gasteiger partial charge in [-0.25, -0.2) is 0 Å². The highest BCUT2D eigenvalue weighted by Crippen LogP contribution is 2.46. The first-order chi connectivity index (χ1) is 21.7. The Labute approximate surface area is 265 Å². The summed E-state index contributed by atoms with van der Waals surface area (Å²) in [6.45, 7) is 6.84. The van der Waals surface area contributed by atoms with Crippen molar-refractivity contribution in [2.24, 2.45) is 5.92 Å². The molecule has 9 nitrogen and oxygen atoms in total. The number of aliphatic hydroxyl groups excluding tert-OH is 1. The molecule has 1 amide bonds. The van der Waals surface area contributed by atoms with Gasteiger partial charge < -0.3 is 19.4 Å². The monoisotopic (exact) mass is 626 g/mol. The highest BCUT2D eigenvalue weighted by atomic mass is 28.4. The van der Waals surface area contributed by atoms with E-state index in [-0.39, 0.29) is 48.7 Å². The minimum absolute atomic E-state index is 0.0253. The number of aromatic nitrogens is 3. The first-order valence-corrected chi connectivity index (χ1v) is 18.8. The third kappa shape index (κ3) is 6.74. The molecule has 1 aromatic heterocycles. The topological polar surface area (TPSA) is 110 Å². The first-order valence-electron chi connectivity index (χ1n) is 15.8. The van der Waals surface area contributed by atoms with Crippen molar-refractivity contribution in [3.63, 3.8) is 0 Å². The summed E-state index contributed by atoms with van der Waals surface area (Å²) in [6.07, 6.45) is 4.29. The van der Waals surface area contributed by atoms with Crippen molar-refractivity contribution in [2.45, 2.75) is 69.5 Å². The van der Waals surface area contributed by atoms with Gasteiger partial charge in [-0.15, -0.1) is 5.10 Å². The van der Waals surface area contributed by atoms with Gasteiger partial charge in [0.05, 0.1) is 36.1 Å². The Morgan fingerprint density at radius 1 is 0.978 bits per heavy atom. The van der Waals surface area contributed by atoms with Crippen LogP contribution in [0.3, 0.4) is 0 Å². The highest BCUT2D eigenvalue weighted by molar-refractivity contribution is 6.71. The number of hydrogen-bond acceptors (Lipinski definition) is 7. The lowest BCUT2D eigenvalue weighted by atomic mass is 9.95. The average molecular weight is 627 g/mol. The van der Waals surface area contributed by atoms with Crippen LogP contribution in [-0.2, 0) is 22.5 Å². The van der Waals surface area contributed by atoms with Crippen LogP contribution >= 0.6 is 0 Å². The van der Waals surface area contributed by atoms with E-state index in [4.69, 9.17) is 9.47 Å². The Morgan fingerprint density at radius 2 is 1.71 bits per heavy atom. The normalized spacial score (nSPS) is 22.2. The predicted molar refractivity (Wildman–Crippen MR) is 175 cm³/mol. The Morgan fingerprint density at radius 3 is 2.44 bits per heavy atom. The molecule has 45 heavy (non-hydrogen) atoms. The summed E-state index contributed by atoms with van der Waals surface area (Å²) >= 11 is 0. The molecule has 2 aliphatic rings. The number of amides is 1. The molecule has 0 saturated carbocycles. The molecule has 4 aromatic rings. The maximum atomic E-state index is 12.7. The van der Waals surface area contributed by atoms with Gasteiger partial charge in [0.2, 0.25) is 0 Å². The number of carbonyl (C=O) groups excluding carboxylic acids is 1. The van der Waals surface area contributed by atoms with E-state index in [0.29, 0.717) is 12.3 Å². The SMILES string of the molecule is C[C@H]1[C@H]([Si](C)(C)O)[C@@H](CCn2cc(C(CO)c3ccccc3)nn2)O[C@H]1CCc1ccc(N2C(=O)COc3ccccc32)cc1. The first kappa shape index (κ1) is 31.2. The van der Waals surface area contributed by atoms with Crippen molar-refractivity contribution < 1.29 is 24.2 Å². The van der Waals surface area contributed by atoms with E-state index in [0.717, 1.165) is 41.9 Å². The van der Waals surface area contributed by atoms with Crippen LogP contribution in [-0.4, -0.2) is 64.5 Å². The van der Waals surface area contributed by atoms with Crippen LogP contribution in [0.1, 0.15) is 42.5 Å². The van der Waals surface area contributed by atoms with Gasteiger partial charge in [-0.05, 0) is 73.7 Å². The second-order valence-corrected chi connectivity index (χ2v) is 16.8. The van der Waals surface area contributed by atoms with Gasteiger partial charge in [-0.1, -0.05) is 66.7 Å². The van der Waals surface area contributed by atoms with Crippen molar-refractivity contribution in [1.82, 2.24) is 15.0 Å². The number of benzene rings is 3. The lowest BCUT2D eigenvalue weighted by Crippen LogP contribution is -2.40. The lowest BCUT2D eigenvalue weighted by Gasteiger charge is -2.30. The molecule has 2 aliphatic heterocycles. The predicted octanol–water partition coefficient (Wildman–Crippen LogP) is 5.45. The fourth-order valence-corrected chi connectivity index (χ4v) is 9.74. The lowest BCUT2D eigenvalue weighted by molar-refractivity contribution is -0.120. The molecule has 1 unspecified atom stereocenters. The van der Waals surface area contributed by atoms with Crippen molar-refractivity contribution in [2.75, 3.05) is 18.1 Å². The summed E-state index contributed by atoms with van der Waals surface area (Å²) in [4.78, 5) is 25.7. The number of fused-ring (bicyclic) bond motifs is 1. The molecule has 2 N–H and O–H groups in total. The number of carbonyl (C=O) groups is 1. The zero-order valence-corrected chi connectivity index (χ0v) is 27.1. The van der Waals surface area contributed by atoms with Crippen molar-refractivity contribution in [3.05, 3.63) is 102 Å². The number of ether oxygens (including phenoxy) is 2. The average Bonchev–Trinajstić information content (AvgIpc) is 3.64. The van der Waals surface area contributed by atoms with E-state index in [1.165, 1.54) is 5.56 Å². The Bertz CT molecular complexity index is 1590. The third-order valence-corrected chi connectivity index (χ3v) is 11.8. The fourth-order valence-electron chi connectivity index (χ4n) is 7.08. The third-order valence-electron chi connectivity index (χ3n) is 9.28. The minimum atomic E-state index is -2.51. The number of anilines is 2. The fraction of sp³-hybridized carbons (Fsp3) is 0.400. The highest BCUT2D eigenvalue weighted by Gasteiger charge is 2.49. The summed E-state index contributed by atoms with van der Waals surface area (Å²) in [6, 6.07) is 25.6. The van der Waals surface area contributed by atoms with Crippen LogP contribution < -0.4 is 9.64 Å². The maximum Gasteiger partial charge on any atom is 0.269 e. The van der Waals surface area contributed by atoms with Gasteiger partial charge in [0.25, 0.3) is 5.91 Å². The molecule has 0 aliphatic carbocycles. The van der Waals surface area contributed by atoms with Gasteiger partial charge in [0, 0.05) is 24.0 Å². The van der Waals surface area contributed by atoms with Gasteiger partial charge in [-0.3, -0.25) is 14.4 Å². The van der Waals surface area contributed by atoms with E-state index in [1.807, 2.05) is 90.7 Å². The standard InChI is InChI=1S/C35H42N4O5Si/c1-24-31(18-15-25-13-16-27(17-14-25)39-30-11-7-8-12-32(30)43-23-34(39)41)44-33(35(24)45(2,3)42)19-20-38-21-29(36-37-38)28(22-40)26-9-5-4-6-10-26/h4-14,16-17,21,24,28,31,33,35,40,42H,15,18-20,22-23H2,1-3H3/t24-,28?,31+,33-,35+/m1/s1. The number of hydrogen-bond donors (Lipinski definition) is 2. The Kier molecular flexibility index (Phi) is 9.18. The number of para-hydroxylation sites is 2. The van der Waals surface area contributed by atoms with Crippen LogP contribution in [0, 0.1) is 5.92 Å². The second-order valence-electron chi connectivity index (χ2n) is 12.8. The van der Waals surface area contributed by atoms with Gasteiger partial charge in [0.15, 0.2) is 14.9 Å². The molecule has 0 spiro atoms. The largest absolute Gasteiger partial charge is 0.482 e. The summed E-state index contributed by atoms with van der Waals surface area (Å²) in [5.74, 6) is 0.627. The molecular weight excluding hydrogens is 584 g/mol. The zero-order valence-electron chi connectivity index (χ0n) is 26.1. The summed E-state index contributed by atoms with van der Waals surface area (Å²) in [5, 5.41) is 18.8. The smallest absolute Gasteiger partial charge is 0.269 e. The molecule has 3 heterocycles. The second kappa shape index (κ2) is 13.3. The zero-order chi connectivity index (χ0) is 31.6. The molecule has 3 aromatic carbocycles. The van der Waals surface area contributed by atoms with E-state index in [9.17, 15) is 14.7 Å². The number of nitrogens with zero attached hydrogens (tertiary/aromatic N) is 4. The van der Waals surface area contributed by atoms with Crippen molar-refractivity contribution in [3.8, 4) is 5.75 Å². The Hall–Kier alpha value is -3.83. The molecule has 0 bridgehead atoms. The molecule has 5 atom stereocenters. The van der Waals surface area contributed by atoms with Crippen LogP contribution in [0.2, 0.25) is 18.6 Å². The quantitative estimate of drug-likeness (QED) is 0.213. The van der Waals surface area contributed by atoms with Crippen molar-refractivity contribution >= 4 is 25.6 Å². The molecule has 0 radical (unpaired) electrons. The molecule has 236 valence electrons. The number of rotatable bonds is 11. The van der Waals surface area contributed by atoms with Crippen molar-refractivity contribution in [1.29, 1.82) is 0 Å². The molecule has 1 saturated heterocycles.